The molecule has 1 aliphatic rings. The van der Waals surface area contributed by atoms with Gasteiger partial charge in [-0.3, -0.25) is 9.69 Å². The van der Waals surface area contributed by atoms with Crippen molar-refractivity contribution in [3.8, 4) is 0 Å². The first-order valence-corrected chi connectivity index (χ1v) is 8.29. The Kier molecular flexibility index (Phi) is 5.79. The van der Waals surface area contributed by atoms with Gasteiger partial charge in [0.05, 0.1) is 6.54 Å². The topological polar surface area (TPSA) is 58.4 Å². The summed E-state index contributed by atoms with van der Waals surface area (Å²) in [6, 6.07) is 6.30. The molecule has 3 N–H and O–H groups in total. The van der Waals surface area contributed by atoms with Gasteiger partial charge < -0.3 is 11.1 Å². The molecule has 0 aliphatic carbocycles. The summed E-state index contributed by atoms with van der Waals surface area (Å²) < 4.78 is 1.05. The Bertz CT molecular complexity index is 506. The molecule has 1 fully saturated rings. The highest BCUT2D eigenvalue weighted by molar-refractivity contribution is 9.10. The van der Waals surface area contributed by atoms with Crippen molar-refractivity contribution in [1.82, 2.24) is 4.90 Å². The van der Waals surface area contributed by atoms with Crippen LogP contribution in [0.3, 0.4) is 0 Å². The zero-order chi connectivity index (χ0) is 15.4. The fourth-order valence-corrected chi connectivity index (χ4v) is 3.03. The minimum absolute atomic E-state index is 0.0428. The number of hydrogen-bond acceptors (Lipinski definition) is 3. The molecule has 1 aromatic rings. The van der Waals surface area contributed by atoms with Crippen molar-refractivity contribution < 1.29 is 4.79 Å². The number of amides is 1. The van der Waals surface area contributed by atoms with Crippen LogP contribution < -0.4 is 11.1 Å². The van der Waals surface area contributed by atoms with Crippen molar-refractivity contribution in [3.05, 3.63) is 28.2 Å². The SMILES string of the molecule is Cc1cc(NC(=O)CN2CC(CN)CCC2C)ccc1Br. The van der Waals surface area contributed by atoms with Crippen LogP contribution in [0.25, 0.3) is 0 Å². The minimum atomic E-state index is 0.0428. The lowest BCUT2D eigenvalue weighted by molar-refractivity contribution is -0.118. The number of benzene rings is 1. The molecule has 0 saturated carbocycles. The fourth-order valence-electron chi connectivity index (χ4n) is 2.78. The molecule has 2 unspecified atom stereocenters. The van der Waals surface area contributed by atoms with Crippen molar-refractivity contribution in [2.75, 3.05) is 25.0 Å². The van der Waals surface area contributed by atoms with E-state index in [1.54, 1.807) is 0 Å². The third-order valence-electron chi connectivity index (χ3n) is 4.23. The second-order valence-corrected chi connectivity index (χ2v) is 6.82. The summed E-state index contributed by atoms with van der Waals surface area (Å²) in [6.07, 6.45) is 2.29. The van der Waals surface area contributed by atoms with E-state index in [9.17, 15) is 4.79 Å². The maximum Gasteiger partial charge on any atom is 0.238 e. The lowest BCUT2D eigenvalue weighted by Crippen LogP contribution is -2.47. The second-order valence-electron chi connectivity index (χ2n) is 5.97. The van der Waals surface area contributed by atoms with Crippen LogP contribution in [0.4, 0.5) is 5.69 Å². The molecule has 1 aliphatic heterocycles. The van der Waals surface area contributed by atoms with E-state index in [0.717, 1.165) is 28.7 Å². The molecule has 1 aromatic carbocycles. The monoisotopic (exact) mass is 353 g/mol. The highest BCUT2D eigenvalue weighted by Gasteiger charge is 2.26. The van der Waals surface area contributed by atoms with Gasteiger partial charge in [-0.05, 0) is 62.9 Å². The van der Waals surface area contributed by atoms with Gasteiger partial charge in [-0.25, -0.2) is 0 Å². The third kappa shape index (κ3) is 4.53. The first kappa shape index (κ1) is 16.5. The lowest BCUT2D eigenvalue weighted by atomic mass is 9.93. The highest BCUT2D eigenvalue weighted by atomic mass is 79.9. The number of carbonyl (C=O) groups excluding carboxylic acids is 1. The van der Waals surface area contributed by atoms with Gasteiger partial charge in [-0.2, -0.15) is 0 Å². The second kappa shape index (κ2) is 7.38. The van der Waals surface area contributed by atoms with Gasteiger partial charge in [0.2, 0.25) is 5.91 Å². The van der Waals surface area contributed by atoms with Gasteiger partial charge in [0.15, 0.2) is 0 Å². The van der Waals surface area contributed by atoms with Gasteiger partial charge in [0.25, 0.3) is 0 Å². The summed E-state index contributed by atoms with van der Waals surface area (Å²) in [7, 11) is 0. The number of likely N-dealkylation sites (tertiary alicyclic amines) is 1. The van der Waals surface area contributed by atoms with Gasteiger partial charge in [-0.1, -0.05) is 15.9 Å². The number of aryl methyl sites for hydroxylation is 1. The third-order valence-corrected chi connectivity index (χ3v) is 5.12. The predicted octanol–water partition coefficient (Wildman–Crippen LogP) is 2.76. The maximum absolute atomic E-state index is 12.2. The van der Waals surface area contributed by atoms with E-state index in [1.165, 1.54) is 6.42 Å². The summed E-state index contributed by atoms with van der Waals surface area (Å²) >= 11 is 3.46. The van der Waals surface area contributed by atoms with Crippen LogP contribution in [0.15, 0.2) is 22.7 Å². The van der Waals surface area contributed by atoms with E-state index in [4.69, 9.17) is 5.73 Å². The van der Waals surface area contributed by atoms with E-state index < -0.39 is 0 Å². The Morgan fingerprint density at radius 3 is 2.90 bits per heavy atom. The predicted molar refractivity (Wildman–Crippen MR) is 90.3 cm³/mol. The quantitative estimate of drug-likeness (QED) is 0.874. The maximum atomic E-state index is 12.2. The molecule has 0 spiro atoms. The summed E-state index contributed by atoms with van der Waals surface area (Å²) in [5.74, 6) is 0.560. The van der Waals surface area contributed by atoms with E-state index in [0.29, 0.717) is 25.0 Å². The minimum Gasteiger partial charge on any atom is -0.330 e. The number of piperidine rings is 1. The van der Waals surface area contributed by atoms with E-state index in [-0.39, 0.29) is 5.91 Å². The van der Waals surface area contributed by atoms with Crippen LogP contribution in [-0.2, 0) is 4.79 Å². The Labute approximate surface area is 135 Å². The summed E-state index contributed by atoms with van der Waals surface area (Å²) in [5, 5.41) is 2.98. The molecule has 0 aromatic heterocycles. The average molecular weight is 354 g/mol. The number of hydrogen-bond donors (Lipinski definition) is 2. The molecular weight excluding hydrogens is 330 g/mol. The van der Waals surface area contributed by atoms with E-state index >= 15 is 0 Å². The lowest BCUT2D eigenvalue weighted by Gasteiger charge is -2.37. The van der Waals surface area contributed by atoms with Gasteiger partial charge in [-0.15, -0.1) is 0 Å². The van der Waals surface area contributed by atoms with E-state index in [1.807, 2.05) is 25.1 Å². The number of anilines is 1. The normalized spacial score (nSPS) is 23.0. The molecule has 0 radical (unpaired) electrons. The standard InChI is InChI=1S/C16H24BrN3O/c1-11-7-14(5-6-15(11)17)19-16(21)10-20-9-13(8-18)4-3-12(20)2/h5-7,12-13H,3-4,8-10,18H2,1-2H3,(H,19,21). The largest absolute Gasteiger partial charge is 0.330 e. The van der Waals surface area contributed by atoms with Crippen molar-refractivity contribution in [2.45, 2.75) is 32.7 Å². The summed E-state index contributed by atoms with van der Waals surface area (Å²) in [6.45, 7) is 6.26. The van der Waals surface area contributed by atoms with Crippen molar-refractivity contribution >= 4 is 27.5 Å². The first-order chi connectivity index (χ1) is 9.99. The molecule has 1 saturated heterocycles. The molecule has 5 heteroatoms. The van der Waals surface area contributed by atoms with Gasteiger partial charge in [0.1, 0.15) is 0 Å². The van der Waals surface area contributed by atoms with Crippen LogP contribution in [0.2, 0.25) is 0 Å². The Hall–Kier alpha value is -0.910. The van der Waals surface area contributed by atoms with Gasteiger partial charge in [0, 0.05) is 22.7 Å². The first-order valence-electron chi connectivity index (χ1n) is 7.49. The van der Waals surface area contributed by atoms with Crippen LogP contribution in [0, 0.1) is 12.8 Å². The Morgan fingerprint density at radius 2 is 2.24 bits per heavy atom. The molecule has 21 heavy (non-hydrogen) atoms. The number of nitrogens with zero attached hydrogens (tertiary/aromatic N) is 1. The number of halogens is 1. The Morgan fingerprint density at radius 1 is 1.48 bits per heavy atom. The van der Waals surface area contributed by atoms with Crippen LogP contribution >= 0.6 is 15.9 Å². The van der Waals surface area contributed by atoms with Crippen molar-refractivity contribution in [3.63, 3.8) is 0 Å². The zero-order valence-electron chi connectivity index (χ0n) is 12.7. The van der Waals surface area contributed by atoms with Crippen LogP contribution in [0.5, 0.6) is 0 Å². The van der Waals surface area contributed by atoms with Crippen LogP contribution in [-0.4, -0.2) is 36.5 Å². The molecule has 116 valence electrons. The molecule has 4 nitrogen and oxygen atoms in total. The highest BCUT2D eigenvalue weighted by Crippen LogP contribution is 2.22. The summed E-state index contributed by atoms with van der Waals surface area (Å²) in [5.41, 5.74) is 7.73. The molecular formula is C16H24BrN3O. The fraction of sp³-hybridized carbons (Fsp3) is 0.562. The van der Waals surface area contributed by atoms with Crippen molar-refractivity contribution in [2.24, 2.45) is 11.7 Å². The molecule has 1 heterocycles. The smallest absolute Gasteiger partial charge is 0.238 e. The van der Waals surface area contributed by atoms with Crippen LogP contribution in [0.1, 0.15) is 25.3 Å². The molecule has 0 bridgehead atoms. The molecule has 2 rings (SSSR count). The van der Waals surface area contributed by atoms with E-state index in [2.05, 4.69) is 33.1 Å². The number of rotatable bonds is 4. The molecule has 2 atom stereocenters. The number of nitrogens with two attached hydrogens (primary N) is 1. The van der Waals surface area contributed by atoms with Gasteiger partial charge >= 0.3 is 0 Å². The Balaban J connectivity index is 1.92. The number of nitrogens with one attached hydrogen (secondary N) is 1. The zero-order valence-corrected chi connectivity index (χ0v) is 14.3. The average Bonchev–Trinajstić information content (AvgIpc) is 2.45. The van der Waals surface area contributed by atoms with Crippen molar-refractivity contribution in [1.29, 1.82) is 0 Å². The summed E-state index contributed by atoms with van der Waals surface area (Å²) in [4.78, 5) is 14.5. The number of carbonyl (C=O) groups is 1. The molecule has 1 amide bonds.